The lowest BCUT2D eigenvalue weighted by Gasteiger charge is -2.10. The number of amides is 2. The molecule has 0 saturated carbocycles. The average Bonchev–Trinajstić information content (AvgIpc) is 3.39. The van der Waals surface area contributed by atoms with E-state index in [0.29, 0.717) is 16.3 Å². The van der Waals surface area contributed by atoms with Gasteiger partial charge in [-0.3, -0.25) is 15.0 Å². The summed E-state index contributed by atoms with van der Waals surface area (Å²) in [6.45, 7) is 1.21. The summed E-state index contributed by atoms with van der Waals surface area (Å²) < 4.78 is 47.6. The fraction of sp³-hybridized carbons (Fsp3) is 0.240. The molecule has 0 aliphatic carbocycles. The summed E-state index contributed by atoms with van der Waals surface area (Å²) in [5.41, 5.74) is 0.250. The van der Waals surface area contributed by atoms with Crippen LogP contribution in [0.15, 0.2) is 47.8 Å². The molecule has 234 valence electrons. The van der Waals surface area contributed by atoms with Gasteiger partial charge in [-0.2, -0.15) is 23.5 Å². The second-order valence-corrected chi connectivity index (χ2v) is 10.2. The maximum absolute atomic E-state index is 12.6. The van der Waals surface area contributed by atoms with E-state index in [1.807, 2.05) is 0 Å². The van der Waals surface area contributed by atoms with Gasteiger partial charge in [-0.1, -0.05) is 11.6 Å². The lowest BCUT2D eigenvalue weighted by Crippen LogP contribution is -2.36. The molecule has 2 amide bonds. The highest BCUT2D eigenvalue weighted by atomic mass is 35.5. The third-order valence-electron chi connectivity index (χ3n) is 5.21. The summed E-state index contributed by atoms with van der Waals surface area (Å²) in [7, 11) is -0.491. The third-order valence-corrected chi connectivity index (χ3v) is 6.99. The van der Waals surface area contributed by atoms with Gasteiger partial charge in [0.1, 0.15) is 16.8 Å². The van der Waals surface area contributed by atoms with Crippen LogP contribution in [0.2, 0.25) is 5.02 Å². The fourth-order valence-electron chi connectivity index (χ4n) is 3.43. The number of pyridine rings is 1. The zero-order valence-corrected chi connectivity index (χ0v) is 25.2. The number of fused-ring (bicyclic) bond motifs is 1. The molecule has 4 aromatic rings. The number of aliphatic carboxylic acids is 1. The summed E-state index contributed by atoms with van der Waals surface area (Å²) in [4.78, 5) is 46.3. The van der Waals surface area contributed by atoms with Crippen molar-refractivity contribution in [3.05, 3.63) is 53.3 Å². The molecule has 0 atom stereocenters. The van der Waals surface area contributed by atoms with Crippen molar-refractivity contribution in [3.8, 4) is 17.5 Å². The molecule has 0 aliphatic heterocycles. The molecule has 1 aromatic carbocycles. The Morgan fingerprint density at radius 3 is 2.39 bits per heavy atom. The molecule has 3 aromatic heterocycles. The van der Waals surface area contributed by atoms with E-state index in [-0.39, 0.29) is 29.9 Å². The van der Waals surface area contributed by atoms with Crippen LogP contribution >= 0.6 is 11.6 Å². The van der Waals surface area contributed by atoms with Gasteiger partial charge in [0.05, 0.1) is 38.1 Å². The standard InChI is InChI=1S/C14H18N6O7S.C11H8ClNO3/c1-5-27-12(21)8-7-15-20(2)11(8)28(23,24)19-14(22)18-13-16-9(25-3)6-10(17-13)26-4;12-8-3-4-9(16-6-10(14)15)11-7(8)2-1-5-13-11/h6-7H,5H2,1-4H3,(H2,16,17,18,19,22);1-5H,6H2,(H,14,15). The Morgan fingerprint density at radius 1 is 1.09 bits per heavy atom. The number of anilines is 1. The minimum atomic E-state index is -4.47. The van der Waals surface area contributed by atoms with Gasteiger partial charge in [-0.25, -0.2) is 19.1 Å². The van der Waals surface area contributed by atoms with E-state index in [9.17, 15) is 22.8 Å². The molecule has 0 spiro atoms. The van der Waals surface area contributed by atoms with E-state index in [1.165, 1.54) is 27.3 Å². The summed E-state index contributed by atoms with van der Waals surface area (Å²) in [6.07, 6.45) is 2.63. The number of aryl methyl sites for hydroxylation is 1. The summed E-state index contributed by atoms with van der Waals surface area (Å²) in [6, 6.07) is 7.02. The number of hydrogen-bond donors (Lipinski definition) is 3. The van der Waals surface area contributed by atoms with Crippen molar-refractivity contribution in [3.63, 3.8) is 0 Å². The van der Waals surface area contributed by atoms with Crippen molar-refractivity contribution in [2.45, 2.75) is 11.9 Å². The summed E-state index contributed by atoms with van der Waals surface area (Å²) >= 11 is 5.98. The second-order valence-electron chi connectivity index (χ2n) is 8.17. The third kappa shape index (κ3) is 8.42. The van der Waals surface area contributed by atoms with Crippen molar-refractivity contribution in [2.24, 2.45) is 7.05 Å². The second kappa shape index (κ2) is 14.8. The maximum Gasteiger partial charge on any atom is 0.342 e. The number of carboxylic acids is 1. The molecular formula is C25H26ClN7O10S. The molecule has 0 saturated heterocycles. The number of sulfonamides is 1. The maximum atomic E-state index is 12.6. The average molecular weight is 652 g/mol. The number of benzene rings is 1. The number of rotatable bonds is 10. The number of aromatic nitrogens is 5. The van der Waals surface area contributed by atoms with Crippen molar-refractivity contribution in [1.29, 1.82) is 0 Å². The Labute approximate surface area is 255 Å². The first-order chi connectivity index (χ1) is 20.9. The SMILES string of the molecule is CCOC(=O)c1cnn(C)c1S(=O)(=O)NC(=O)Nc1nc(OC)cc(OC)n1.O=C(O)COc1ccc(Cl)c2cccnc12. The van der Waals surface area contributed by atoms with E-state index in [2.05, 4.69) is 25.4 Å². The zero-order chi connectivity index (χ0) is 32.4. The number of hydrogen-bond acceptors (Lipinski definition) is 13. The highest BCUT2D eigenvalue weighted by Gasteiger charge is 2.30. The Kier molecular flexibility index (Phi) is 11.2. The predicted molar refractivity (Wildman–Crippen MR) is 154 cm³/mol. The van der Waals surface area contributed by atoms with Crippen LogP contribution in [0.1, 0.15) is 17.3 Å². The van der Waals surface area contributed by atoms with E-state index < -0.39 is 39.6 Å². The quantitative estimate of drug-likeness (QED) is 0.209. The number of methoxy groups -OCH3 is 2. The van der Waals surface area contributed by atoms with E-state index in [0.717, 1.165) is 16.3 Å². The Bertz CT molecular complexity index is 1760. The van der Waals surface area contributed by atoms with Crippen LogP contribution in [-0.4, -0.2) is 83.7 Å². The van der Waals surface area contributed by atoms with E-state index >= 15 is 0 Å². The lowest BCUT2D eigenvalue weighted by atomic mass is 10.2. The molecule has 0 aliphatic rings. The normalized spacial score (nSPS) is 10.7. The number of halogens is 1. The first-order valence-electron chi connectivity index (χ1n) is 12.3. The monoisotopic (exact) mass is 651 g/mol. The van der Waals surface area contributed by atoms with Crippen molar-refractivity contribution >= 4 is 56.4 Å². The summed E-state index contributed by atoms with van der Waals surface area (Å²) in [5, 5.41) is 15.2. The van der Waals surface area contributed by atoms with Crippen molar-refractivity contribution in [2.75, 3.05) is 32.8 Å². The highest BCUT2D eigenvalue weighted by Crippen LogP contribution is 2.29. The van der Waals surface area contributed by atoms with Gasteiger partial charge in [0.2, 0.25) is 17.7 Å². The number of esters is 1. The minimum Gasteiger partial charge on any atom is -0.481 e. The van der Waals surface area contributed by atoms with E-state index in [1.54, 1.807) is 42.1 Å². The first kappa shape index (κ1) is 33.3. The zero-order valence-electron chi connectivity index (χ0n) is 23.6. The molecule has 19 heteroatoms. The molecular weight excluding hydrogens is 626 g/mol. The van der Waals surface area contributed by atoms with Crippen LogP contribution in [0, 0.1) is 0 Å². The molecule has 4 rings (SSSR count). The van der Waals surface area contributed by atoms with Crippen LogP contribution in [0.5, 0.6) is 17.5 Å². The topological polar surface area (TPSA) is 223 Å². The molecule has 0 unspecified atom stereocenters. The Morgan fingerprint density at radius 2 is 1.77 bits per heavy atom. The number of carbonyl (C=O) groups excluding carboxylic acids is 2. The van der Waals surface area contributed by atoms with Gasteiger partial charge in [-0.05, 0) is 31.2 Å². The number of nitrogens with zero attached hydrogens (tertiary/aromatic N) is 5. The molecule has 0 bridgehead atoms. The molecule has 17 nitrogen and oxygen atoms in total. The number of carboxylic acid groups (broad SMARTS) is 1. The van der Waals surface area contributed by atoms with Gasteiger partial charge in [0.25, 0.3) is 10.0 Å². The van der Waals surface area contributed by atoms with Gasteiger partial charge >= 0.3 is 18.0 Å². The van der Waals surface area contributed by atoms with Crippen molar-refractivity contribution in [1.82, 2.24) is 29.5 Å². The Balaban J connectivity index is 0.000000278. The van der Waals surface area contributed by atoms with Crippen LogP contribution < -0.4 is 24.2 Å². The van der Waals surface area contributed by atoms with Gasteiger partial charge in [-0.15, -0.1) is 0 Å². The molecule has 0 fully saturated rings. The fourth-order valence-corrected chi connectivity index (χ4v) is 4.86. The van der Waals surface area contributed by atoms with Gasteiger partial charge in [0, 0.05) is 18.6 Å². The first-order valence-corrected chi connectivity index (χ1v) is 14.1. The molecule has 3 N–H and O–H groups in total. The van der Waals surface area contributed by atoms with Crippen LogP contribution in [0.4, 0.5) is 10.7 Å². The molecule has 44 heavy (non-hydrogen) atoms. The van der Waals surface area contributed by atoms with Gasteiger partial charge < -0.3 is 24.1 Å². The van der Waals surface area contributed by atoms with Crippen LogP contribution in [-0.2, 0) is 26.6 Å². The predicted octanol–water partition coefficient (Wildman–Crippen LogP) is 2.27. The largest absolute Gasteiger partial charge is 0.481 e. The smallest absolute Gasteiger partial charge is 0.342 e. The van der Waals surface area contributed by atoms with Crippen molar-refractivity contribution < 1.29 is 46.9 Å². The number of nitrogens with one attached hydrogen (secondary N) is 2. The summed E-state index contributed by atoms with van der Waals surface area (Å²) in [5.74, 6) is -1.60. The van der Waals surface area contributed by atoms with Gasteiger partial charge in [0.15, 0.2) is 11.6 Å². The van der Waals surface area contributed by atoms with Crippen LogP contribution in [0.25, 0.3) is 10.9 Å². The lowest BCUT2D eigenvalue weighted by molar-refractivity contribution is -0.139. The van der Waals surface area contributed by atoms with Crippen LogP contribution in [0.3, 0.4) is 0 Å². The molecule has 3 heterocycles. The highest BCUT2D eigenvalue weighted by molar-refractivity contribution is 7.90. The minimum absolute atomic E-state index is 0.0378. The molecule has 0 radical (unpaired) electrons. The number of carbonyl (C=O) groups is 3. The van der Waals surface area contributed by atoms with E-state index in [4.69, 9.17) is 35.7 Å². The number of urea groups is 1. The Hall–Kier alpha value is -5.23. The number of ether oxygens (including phenoxy) is 4.